The minimum Gasteiger partial charge on any atom is -0.493 e. The van der Waals surface area contributed by atoms with Gasteiger partial charge in [-0.3, -0.25) is 4.79 Å². The number of hydrogen-bond acceptors (Lipinski definition) is 5. The average molecular weight is 408 g/mol. The molecule has 2 rings (SSSR count). The molecule has 0 spiro atoms. The number of nitrogens with one attached hydrogen (secondary N) is 2. The Balaban J connectivity index is 2.08. The third-order valence-electron chi connectivity index (χ3n) is 4.75. The summed E-state index contributed by atoms with van der Waals surface area (Å²) in [6.07, 6.45) is 1.42. The van der Waals surface area contributed by atoms with Crippen LogP contribution in [0.3, 0.4) is 0 Å². The standard InChI is InChI=1S/C24H29N3O3/c1-16(17-7-12-21(29-5)22(13-17)30-6)27-23(28)18(14-25)15-26-20-10-8-19(9-11-20)24(2,3)4/h7-13,15-16,26H,1-6H3,(H,27,28)/b18-15-. The molecule has 0 fully saturated rings. The predicted octanol–water partition coefficient (Wildman–Crippen LogP) is 4.70. The van der Waals surface area contributed by atoms with Gasteiger partial charge in [0.25, 0.3) is 5.91 Å². The van der Waals surface area contributed by atoms with E-state index in [0.29, 0.717) is 11.5 Å². The van der Waals surface area contributed by atoms with Crippen LogP contribution in [0.5, 0.6) is 11.5 Å². The lowest BCUT2D eigenvalue weighted by Gasteiger charge is -2.19. The van der Waals surface area contributed by atoms with Gasteiger partial charge in [0.05, 0.1) is 20.3 Å². The first-order chi connectivity index (χ1) is 14.2. The van der Waals surface area contributed by atoms with Crippen molar-refractivity contribution in [2.45, 2.75) is 39.2 Å². The maximum Gasteiger partial charge on any atom is 0.263 e. The number of methoxy groups -OCH3 is 2. The molecule has 0 aliphatic rings. The molecule has 0 saturated heterocycles. The van der Waals surface area contributed by atoms with Crippen molar-refractivity contribution in [3.05, 3.63) is 65.4 Å². The van der Waals surface area contributed by atoms with Crippen molar-refractivity contribution in [1.82, 2.24) is 5.32 Å². The first kappa shape index (κ1) is 22.8. The Bertz CT molecular complexity index is 951. The van der Waals surface area contributed by atoms with Crippen LogP contribution in [-0.4, -0.2) is 20.1 Å². The number of nitrogens with zero attached hydrogens (tertiary/aromatic N) is 1. The number of nitriles is 1. The van der Waals surface area contributed by atoms with E-state index >= 15 is 0 Å². The molecule has 2 aromatic rings. The fourth-order valence-electron chi connectivity index (χ4n) is 2.85. The highest BCUT2D eigenvalue weighted by Crippen LogP contribution is 2.30. The van der Waals surface area contributed by atoms with E-state index < -0.39 is 5.91 Å². The number of ether oxygens (including phenoxy) is 2. The Morgan fingerprint density at radius 3 is 2.23 bits per heavy atom. The van der Waals surface area contributed by atoms with Crippen molar-refractivity contribution in [2.24, 2.45) is 0 Å². The second-order valence-electron chi connectivity index (χ2n) is 7.95. The van der Waals surface area contributed by atoms with Gasteiger partial charge in [0.1, 0.15) is 11.6 Å². The van der Waals surface area contributed by atoms with E-state index in [1.165, 1.54) is 11.8 Å². The normalized spacial score (nSPS) is 12.5. The Morgan fingerprint density at radius 1 is 1.07 bits per heavy atom. The second-order valence-corrected chi connectivity index (χ2v) is 7.95. The van der Waals surface area contributed by atoms with Crippen LogP contribution in [0, 0.1) is 11.3 Å². The number of hydrogen-bond donors (Lipinski definition) is 2. The summed E-state index contributed by atoms with van der Waals surface area (Å²) in [4.78, 5) is 12.5. The summed E-state index contributed by atoms with van der Waals surface area (Å²) in [6, 6.07) is 15.0. The molecule has 2 aromatic carbocycles. The van der Waals surface area contributed by atoms with Crippen LogP contribution >= 0.6 is 0 Å². The molecule has 6 nitrogen and oxygen atoms in total. The van der Waals surface area contributed by atoms with Gasteiger partial charge in [-0.2, -0.15) is 5.26 Å². The van der Waals surface area contributed by atoms with Crippen molar-refractivity contribution in [3.8, 4) is 17.6 Å². The molecule has 158 valence electrons. The lowest BCUT2D eigenvalue weighted by atomic mass is 9.87. The van der Waals surface area contributed by atoms with Gasteiger partial charge >= 0.3 is 0 Å². The SMILES string of the molecule is COc1ccc(C(C)NC(=O)/C(C#N)=C\Nc2ccc(C(C)(C)C)cc2)cc1OC. The summed E-state index contributed by atoms with van der Waals surface area (Å²) in [5.74, 6) is 0.727. The smallest absolute Gasteiger partial charge is 0.263 e. The quantitative estimate of drug-likeness (QED) is 0.513. The number of rotatable bonds is 7. The van der Waals surface area contributed by atoms with Gasteiger partial charge in [-0.15, -0.1) is 0 Å². The van der Waals surface area contributed by atoms with Crippen molar-refractivity contribution >= 4 is 11.6 Å². The predicted molar refractivity (Wildman–Crippen MR) is 119 cm³/mol. The molecule has 0 aliphatic heterocycles. The molecule has 0 bridgehead atoms. The molecule has 1 atom stereocenters. The van der Waals surface area contributed by atoms with Crippen LogP contribution in [0.25, 0.3) is 0 Å². The molecule has 1 unspecified atom stereocenters. The zero-order valence-corrected chi connectivity index (χ0v) is 18.4. The summed E-state index contributed by atoms with van der Waals surface area (Å²) >= 11 is 0. The topological polar surface area (TPSA) is 83.4 Å². The third kappa shape index (κ3) is 5.77. The maximum absolute atomic E-state index is 12.5. The zero-order valence-electron chi connectivity index (χ0n) is 18.4. The van der Waals surface area contributed by atoms with Gasteiger partial charge in [0.15, 0.2) is 11.5 Å². The molecule has 0 saturated carbocycles. The summed E-state index contributed by atoms with van der Waals surface area (Å²) in [6.45, 7) is 8.28. The monoisotopic (exact) mass is 407 g/mol. The number of carbonyl (C=O) groups excluding carboxylic acids is 1. The van der Waals surface area contributed by atoms with Crippen LogP contribution in [0.2, 0.25) is 0 Å². The van der Waals surface area contributed by atoms with Crippen LogP contribution < -0.4 is 20.1 Å². The first-order valence-corrected chi connectivity index (χ1v) is 9.69. The van der Waals surface area contributed by atoms with Gasteiger partial charge in [-0.1, -0.05) is 39.0 Å². The Hall–Kier alpha value is -3.46. The Morgan fingerprint density at radius 2 is 1.70 bits per heavy atom. The van der Waals surface area contributed by atoms with Gasteiger partial charge < -0.3 is 20.1 Å². The number of benzene rings is 2. The highest BCUT2D eigenvalue weighted by molar-refractivity contribution is 5.97. The van der Waals surface area contributed by atoms with Gasteiger partial charge in [-0.05, 0) is 47.7 Å². The van der Waals surface area contributed by atoms with Crippen LogP contribution in [-0.2, 0) is 10.2 Å². The molecule has 0 aromatic heterocycles. The van der Waals surface area contributed by atoms with E-state index in [2.05, 4.69) is 31.4 Å². The lowest BCUT2D eigenvalue weighted by Crippen LogP contribution is -2.28. The summed E-state index contributed by atoms with van der Waals surface area (Å²) < 4.78 is 10.5. The van der Waals surface area contributed by atoms with Crippen molar-refractivity contribution in [3.63, 3.8) is 0 Å². The third-order valence-corrected chi connectivity index (χ3v) is 4.75. The summed E-state index contributed by atoms with van der Waals surface area (Å²) in [5.41, 5.74) is 2.90. The van der Waals surface area contributed by atoms with Gasteiger partial charge in [0, 0.05) is 11.9 Å². The zero-order chi connectivity index (χ0) is 22.3. The minimum atomic E-state index is -0.460. The van der Waals surface area contributed by atoms with E-state index in [4.69, 9.17) is 9.47 Å². The summed E-state index contributed by atoms with van der Waals surface area (Å²) in [7, 11) is 3.12. The maximum atomic E-state index is 12.5. The molecule has 2 N–H and O–H groups in total. The van der Waals surface area contributed by atoms with E-state index in [9.17, 15) is 10.1 Å². The Kier molecular flexibility index (Phi) is 7.48. The van der Waals surface area contributed by atoms with E-state index in [0.717, 1.165) is 11.3 Å². The highest BCUT2D eigenvalue weighted by Gasteiger charge is 2.16. The van der Waals surface area contributed by atoms with Crippen molar-refractivity contribution in [2.75, 3.05) is 19.5 Å². The Labute approximate surface area is 178 Å². The first-order valence-electron chi connectivity index (χ1n) is 9.69. The van der Waals surface area contributed by atoms with Crippen LogP contribution in [0.4, 0.5) is 5.69 Å². The average Bonchev–Trinajstić information content (AvgIpc) is 2.73. The van der Waals surface area contributed by atoms with Gasteiger partial charge in [-0.25, -0.2) is 0 Å². The minimum absolute atomic E-state index is 0.0118. The number of amides is 1. The summed E-state index contributed by atoms with van der Waals surface area (Å²) in [5, 5.41) is 15.3. The number of anilines is 1. The van der Waals surface area contributed by atoms with Gasteiger partial charge in [0.2, 0.25) is 0 Å². The fourth-order valence-corrected chi connectivity index (χ4v) is 2.85. The molecule has 0 aliphatic carbocycles. The molecular formula is C24H29N3O3. The molecular weight excluding hydrogens is 378 g/mol. The van der Waals surface area contributed by atoms with E-state index in [-0.39, 0.29) is 17.0 Å². The molecule has 0 heterocycles. The van der Waals surface area contributed by atoms with Crippen molar-refractivity contribution < 1.29 is 14.3 Å². The highest BCUT2D eigenvalue weighted by atomic mass is 16.5. The lowest BCUT2D eigenvalue weighted by molar-refractivity contribution is -0.117. The van der Waals surface area contributed by atoms with Crippen LogP contribution in [0.1, 0.15) is 44.9 Å². The number of carbonyl (C=O) groups is 1. The second kappa shape index (κ2) is 9.84. The molecule has 1 amide bonds. The van der Waals surface area contributed by atoms with E-state index in [1.54, 1.807) is 26.4 Å². The van der Waals surface area contributed by atoms with E-state index in [1.807, 2.05) is 43.3 Å². The van der Waals surface area contributed by atoms with Crippen LogP contribution in [0.15, 0.2) is 54.2 Å². The molecule has 0 radical (unpaired) electrons. The van der Waals surface area contributed by atoms with Crippen molar-refractivity contribution in [1.29, 1.82) is 5.26 Å². The molecule has 6 heteroatoms. The largest absolute Gasteiger partial charge is 0.493 e. The fraction of sp³-hybridized carbons (Fsp3) is 0.333. The molecule has 30 heavy (non-hydrogen) atoms.